The molecule has 0 aliphatic carbocycles. The number of azo groups is 3. The number of halogens is 1. The number of sulfone groups is 2. The summed E-state index contributed by atoms with van der Waals surface area (Å²) in [5.74, 6) is -3.16. The van der Waals surface area contributed by atoms with Crippen LogP contribution in [0.1, 0.15) is 0 Å². The summed E-state index contributed by atoms with van der Waals surface area (Å²) in [4.78, 5) is 7.97. The Labute approximate surface area is 437 Å². The Kier molecular flexibility index (Phi) is 17.1. The van der Waals surface area contributed by atoms with E-state index in [0.717, 1.165) is 48.5 Å². The third-order valence-electron chi connectivity index (χ3n) is 9.46. The molecule has 11 N–H and O–H groups in total. The van der Waals surface area contributed by atoms with Gasteiger partial charge in [0.05, 0.1) is 62.6 Å². The zero-order valence-corrected chi connectivity index (χ0v) is 43.8. The summed E-state index contributed by atoms with van der Waals surface area (Å²) in [6.45, 7) is -1.90. The average molecular weight is 1230 g/mol. The lowest BCUT2D eigenvalue weighted by Crippen LogP contribution is -2.25. The molecule has 0 saturated heterocycles. The molecule has 6 rings (SSSR count). The van der Waals surface area contributed by atoms with E-state index in [1.165, 1.54) is 0 Å². The number of anilines is 1. The zero-order valence-electron chi connectivity index (χ0n) is 37.4. The van der Waals surface area contributed by atoms with Crippen molar-refractivity contribution in [3.63, 3.8) is 0 Å². The van der Waals surface area contributed by atoms with Gasteiger partial charge >= 0.3 is 20.8 Å². The van der Waals surface area contributed by atoms with E-state index in [9.17, 15) is 77.7 Å². The van der Waals surface area contributed by atoms with E-state index in [1.54, 1.807) is 0 Å². The second kappa shape index (κ2) is 22.2. The number of benzene rings is 5. The Morgan fingerprint density at radius 3 is 1.45 bits per heavy atom. The maximum Gasteiger partial charge on any atom is 0.397 e. The van der Waals surface area contributed by atoms with Crippen molar-refractivity contribution in [2.24, 2.45) is 35.7 Å². The lowest BCUT2D eigenvalue weighted by Gasteiger charge is -2.14. The molecule has 1 aromatic heterocycles. The molecule has 6 aromatic rings. The average Bonchev–Trinajstić information content (AvgIpc) is 3.28. The second-order valence-electron chi connectivity index (χ2n) is 14.7. The Balaban J connectivity index is 1.49. The number of nitrogen functional groups attached to an aromatic ring is 1. The van der Waals surface area contributed by atoms with E-state index < -0.39 is 182 Å². The van der Waals surface area contributed by atoms with Crippen LogP contribution >= 0.6 is 11.6 Å². The normalized spacial score (nSPS) is 13.7. The van der Waals surface area contributed by atoms with Gasteiger partial charge in [0.25, 0.3) is 30.4 Å². The number of hydrogen-bond acceptors (Lipinski definition) is 27. The first kappa shape index (κ1) is 59.3. The predicted molar refractivity (Wildman–Crippen MR) is 259 cm³/mol. The maximum absolute atomic E-state index is 12.9. The first-order valence-corrected chi connectivity index (χ1v) is 30.5. The molecule has 0 radical (unpaired) electrons. The van der Waals surface area contributed by atoms with Crippen LogP contribution in [0.3, 0.4) is 0 Å². The van der Waals surface area contributed by atoms with E-state index in [2.05, 4.69) is 59.0 Å². The van der Waals surface area contributed by atoms with Gasteiger partial charge in [-0.1, -0.05) is 0 Å². The number of phenolic OH excluding ortho intramolecular Hbond substituents is 1. The molecule has 42 heteroatoms. The van der Waals surface area contributed by atoms with Crippen molar-refractivity contribution < 1.29 is 95.2 Å². The number of aromatic amines is 2. The van der Waals surface area contributed by atoms with Crippen molar-refractivity contribution in [2.45, 2.75) is 24.5 Å². The summed E-state index contributed by atoms with van der Waals surface area (Å²) in [5.41, 5.74) is -0.240. The summed E-state index contributed by atoms with van der Waals surface area (Å²) in [6, 6.07) is 10.4. The van der Waals surface area contributed by atoms with Gasteiger partial charge in [0, 0.05) is 0 Å². The van der Waals surface area contributed by atoms with Crippen LogP contribution in [0.4, 0.5) is 45.5 Å². The molecule has 0 bridgehead atoms. The molecule has 0 aliphatic rings. The molecule has 0 fully saturated rings. The van der Waals surface area contributed by atoms with Gasteiger partial charge < -0.3 is 15.8 Å². The van der Waals surface area contributed by atoms with Crippen molar-refractivity contribution in [2.75, 3.05) is 30.5 Å². The Hall–Kier alpha value is -6.97. The molecule has 0 aliphatic heterocycles. The van der Waals surface area contributed by atoms with Crippen molar-refractivity contribution in [3.8, 4) is 5.75 Å². The lowest BCUT2D eigenvalue weighted by atomic mass is 10.1. The minimum absolute atomic E-state index is 0.134. The number of aromatic hydroxyl groups is 1. The predicted octanol–water partition coefficient (Wildman–Crippen LogP) is 3.72. The van der Waals surface area contributed by atoms with Crippen LogP contribution in [0.15, 0.2) is 133 Å². The summed E-state index contributed by atoms with van der Waals surface area (Å²) >= 11 is 5.93. The summed E-state index contributed by atoms with van der Waals surface area (Å²) in [5, 5.41) is 40.3. The van der Waals surface area contributed by atoms with Gasteiger partial charge in [-0.3, -0.25) is 33.2 Å². The fourth-order valence-corrected chi connectivity index (χ4v) is 11.3. The van der Waals surface area contributed by atoms with Gasteiger partial charge in [-0.25, -0.2) is 30.2 Å². The van der Waals surface area contributed by atoms with Crippen LogP contribution in [0.25, 0.3) is 10.8 Å². The van der Waals surface area contributed by atoms with Crippen LogP contribution in [0, 0.1) is 5.41 Å². The molecular formula is C35H31ClN12O22S7. The van der Waals surface area contributed by atoms with E-state index in [-0.39, 0.29) is 16.3 Å². The number of phenols is 1. The quantitative estimate of drug-likeness (QED) is 0.0296. The first-order chi connectivity index (χ1) is 35.4. The minimum atomic E-state index is -5.58. The molecule has 5 aromatic carbocycles. The fourth-order valence-electron chi connectivity index (χ4n) is 6.17. The van der Waals surface area contributed by atoms with Gasteiger partial charge in [-0.15, -0.1) is 20.5 Å². The van der Waals surface area contributed by atoms with Crippen LogP contribution in [-0.4, -0.2) is 126 Å². The van der Waals surface area contributed by atoms with Crippen molar-refractivity contribution >= 4 is 139 Å². The van der Waals surface area contributed by atoms with E-state index in [1.807, 2.05) is 0 Å². The van der Waals surface area contributed by atoms with Crippen molar-refractivity contribution in [1.29, 1.82) is 5.41 Å². The van der Waals surface area contributed by atoms with Gasteiger partial charge in [0.1, 0.15) is 37.4 Å². The van der Waals surface area contributed by atoms with Gasteiger partial charge in [0.2, 0.25) is 16.5 Å². The monoisotopic (exact) mass is 1230 g/mol. The number of H-pyrrole nitrogens is 2. The number of nitrogens with two attached hydrogens (primary N) is 1. The van der Waals surface area contributed by atoms with Crippen LogP contribution in [-0.2, 0) is 79.2 Å². The number of nitrogens with zero attached hydrogens (tertiary/aromatic N) is 8. The number of hydrogen-bond donors (Lipinski definition) is 10. The highest BCUT2D eigenvalue weighted by molar-refractivity contribution is 7.92. The molecule has 0 saturated carbocycles. The zero-order chi connectivity index (χ0) is 57.3. The molecule has 1 heterocycles. The molecule has 0 atom stereocenters. The van der Waals surface area contributed by atoms with Crippen molar-refractivity contribution in [3.05, 3.63) is 89.3 Å². The van der Waals surface area contributed by atoms with E-state index in [0.29, 0.717) is 24.3 Å². The summed E-state index contributed by atoms with van der Waals surface area (Å²) in [6.07, 6.45) is 0. The highest BCUT2D eigenvalue weighted by Crippen LogP contribution is 2.49. The van der Waals surface area contributed by atoms with E-state index in [4.69, 9.17) is 31.8 Å². The molecule has 0 unspecified atom stereocenters. The molecule has 34 nitrogen and oxygen atoms in total. The van der Waals surface area contributed by atoms with Crippen LogP contribution < -0.4 is 17.0 Å². The summed E-state index contributed by atoms with van der Waals surface area (Å²) < 4.78 is 227. The molecule has 77 heavy (non-hydrogen) atoms. The van der Waals surface area contributed by atoms with Crippen LogP contribution in [0.2, 0.25) is 5.28 Å². The fraction of sp³-hybridized carbons (Fsp3) is 0.114. The standard InChI is InChI=1S/C35H31ClN12O22S7/c36-33-40-34(38)42-35(41-33)39-22-15-24(25(73(54,55)56)16-23(22)45-43-18-1-5-20(6-2-18)71(50,51)11-9-69-76(63,64)65)46-48-31-27(75(60,61)62)14-17-13-26(74(57,58)59)30(29(37)28(17)32(31)49)47-44-19-3-7-21(8-4-19)72(52,53)12-10-70-77(66,67)68/h1-8,13-16,49H,9-12,37H2,(H,54,55,56)(H,57,58,59)(H,60,61,62)(H,63,64,65)(H,66,67,68)(H3,38,39,40,41,42). The second-order valence-corrected chi connectivity index (χ2v) is 25.7. The molecular weight excluding hydrogens is 1200 g/mol. The number of rotatable bonds is 20. The van der Waals surface area contributed by atoms with Gasteiger partial charge in [0.15, 0.2) is 25.4 Å². The van der Waals surface area contributed by atoms with Gasteiger partial charge in [-0.05, 0) is 89.8 Å². The topological polar surface area (TPSA) is 560 Å². The van der Waals surface area contributed by atoms with E-state index >= 15 is 0 Å². The van der Waals surface area contributed by atoms with Crippen molar-refractivity contribution in [1.82, 2.24) is 15.0 Å². The largest absolute Gasteiger partial charge is 0.505 e. The number of nitrogens with one attached hydrogen (secondary N) is 3. The Bertz CT molecular complexity index is 4450. The lowest BCUT2D eigenvalue weighted by molar-refractivity contribution is 0.282. The highest BCUT2D eigenvalue weighted by atomic mass is 35.5. The molecule has 0 spiro atoms. The summed E-state index contributed by atoms with van der Waals surface area (Å²) in [7, 11) is -34.8. The Morgan fingerprint density at radius 2 is 1.00 bits per heavy atom. The smallest absolute Gasteiger partial charge is 0.397 e. The van der Waals surface area contributed by atoms with Gasteiger partial charge in [-0.2, -0.15) is 57.3 Å². The number of aromatic nitrogens is 3. The third kappa shape index (κ3) is 15.4. The molecule has 0 amide bonds. The SMILES string of the molecule is N=c1nc(Cl)[nH]c(=Nc2cc(N=Nc3c(S(=O)(=O)O)cc4cc(S(=O)(=O)O)c(N=Nc5ccc(S(=O)(=O)CCOS(=O)(=O)O)cc5)c(N)c4c3O)c(S(=O)(=O)O)cc2N=Nc2ccc(S(=O)(=O)CCOS(=O)(=O)O)cc2)[nH]1. The number of fused-ring (bicyclic) bond motifs is 1. The van der Waals surface area contributed by atoms with Crippen LogP contribution in [0.5, 0.6) is 5.75 Å². The minimum Gasteiger partial charge on any atom is -0.505 e. The molecule has 412 valence electrons. The highest BCUT2D eigenvalue weighted by Gasteiger charge is 2.29. The maximum atomic E-state index is 12.9. The Morgan fingerprint density at radius 1 is 0.558 bits per heavy atom. The first-order valence-electron chi connectivity index (χ1n) is 19.7. The third-order valence-corrected chi connectivity index (χ3v) is 16.6.